The molecule has 3 rings (SSSR count). The number of nitrogens with zero attached hydrogens (tertiary/aromatic N) is 3. The summed E-state index contributed by atoms with van der Waals surface area (Å²) < 4.78 is 1.75. The fourth-order valence-corrected chi connectivity index (χ4v) is 2.59. The molecule has 2 aromatic rings. The molecule has 0 spiro atoms. The van der Waals surface area contributed by atoms with Gasteiger partial charge in [-0.25, -0.2) is 0 Å². The van der Waals surface area contributed by atoms with Crippen LogP contribution >= 0.6 is 0 Å². The quantitative estimate of drug-likeness (QED) is 0.633. The van der Waals surface area contributed by atoms with Crippen LogP contribution in [0.4, 0.5) is 0 Å². The van der Waals surface area contributed by atoms with Crippen LogP contribution < -0.4 is 0 Å². The zero-order valence-electron chi connectivity index (χ0n) is 11.1. The lowest BCUT2D eigenvalue weighted by atomic mass is 10.1. The van der Waals surface area contributed by atoms with Crippen molar-refractivity contribution in [3.8, 4) is 6.07 Å². The summed E-state index contributed by atoms with van der Waals surface area (Å²) in [6, 6.07) is 9.36. The van der Waals surface area contributed by atoms with E-state index in [9.17, 15) is 4.79 Å². The average Bonchev–Trinajstić information content (AvgIpc) is 3.12. The number of rotatable bonds is 3. The number of aromatic nitrogens is 1. The van der Waals surface area contributed by atoms with E-state index in [1.165, 1.54) is 12.8 Å². The molecule has 0 atom stereocenters. The molecule has 1 aliphatic heterocycles. The Morgan fingerprint density at radius 3 is 2.85 bits per heavy atom. The van der Waals surface area contributed by atoms with Crippen LogP contribution in [0.1, 0.15) is 28.9 Å². The van der Waals surface area contributed by atoms with Crippen molar-refractivity contribution in [3.63, 3.8) is 0 Å². The predicted octanol–water partition coefficient (Wildman–Crippen LogP) is 2.60. The van der Waals surface area contributed by atoms with E-state index in [-0.39, 0.29) is 5.78 Å². The van der Waals surface area contributed by atoms with Gasteiger partial charge in [0, 0.05) is 37.1 Å². The second-order valence-electron chi connectivity index (χ2n) is 4.93. The Kier molecular flexibility index (Phi) is 3.26. The molecule has 1 saturated heterocycles. The van der Waals surface area contributed by atoms with Gasteiger partial charge in [0.25, 0.3) is 0 Å². The molecule has 3 heterocycles. The number of ketones is 1. The number of fused-ring (bicyclic) bond motifs is 1. The highest BCUT2D eigenvalue weighted by atomic mass is 16.1. The third-order valence-corrected chi connectivity index (χ3v) is 3.63. The predicted molar refractivity (Wildman–Crippen MR) is 76.4 cm³/mol. The number of likely N-dealkylation sites (tertiary alicyclic amines) is 1. The van der Waals surface area contributed by atoms with Crippen LogP contribution in [-0.4, -0.2) is 28.2 Å². The molecule has 100 valence electrons. The summed E-state index contributed by atoms with van der Waals surface area (Å²) in [4.78, 5) is 14.5. The average molecular weight is 265 g/mol. The van der Waals surface area contributed by atoms with Crippen LogP contribution in [0.5, 0.6) is 0 Å². The Bertz CT molecular complexity index is 715. The van der Waals surface area contributed by atoms with E-state index < -0.39 is 0 Å². The lowest BCUT2D eigenvalue weighted by Gasteiger charge is -2.09. The van der Waals surface area contributed by atoms with Gasteiger partial charge in [0.15, 0.2) is 5.78 Å². The number of hydrogen-bond donors (Lipinski definition) is 0. The highest BCUT2D eigenvalue weighted by Gasteiger charge is 2.13. The monoisotopic (exact) mass is 265 g/mol. The van der Waals surface area contributed by atoms with Gasteiger partial charge in [-0.1, -0.05) is 6.07 Å². The van der Waals surface area contributed by atoms with Gasteiger partial charge in [-0.2, -0.15) is 5.26 Å². The summed E-state index contributed by atoms with van der Waals surface area (Å²) in [5.41, 5.74) is 1.84. The van der Waals surface area contributed by atoms with Gasteiger partial charge in [-0.15, -0.1) is 0 Å². The number of nitriles is 1. The van der Waals surface area contributed by atoms with Gasteiger partial charge in [-0.05, 0) is 31.0 Å². The molecular formula is C16H15N3O. The Labute approximate surface area is 117 Å². The molecule has 0 aromatic carbocycles. The zero-order chi connectivity index (χ0) is 13.9. The van der Waals surface area contributed by atoms with Gasteiger partial charge in [-0.3, -0.25) is 4.79 Å². The van der Waals surface area contributed by atoms with E-state index in [0.29, 0.717) is 11.3 Å². The third kappa shape index (κ3) is 2.19. The third-order valence-electron chi connectivity index (χ3n) is 3.63. The minimum absolute atomic E-state index is 0.0536. The molecule has 1 fully saturated rings. The summed E-state index contributed by atoms with van der Waals surface area (Å²) in [7, 11) is 0. The number of carbonyl (C=O) groups excluding carboxylic acids is 1. The first-order valence-electron chi connectivity index (χ1n) is 6.76. The van der Waals surface area contributed by atoms with E-state index in [0.717, 1.165) is 18.6 Å². The summed E-state index contributed by atoms with van der Waals surface area (Å²) in [6.45, 7) is 2.04. The molecule has 0 radical (unpaired) electrons. The van der Waals surface area contributed by atoms with Crippen molar-refractivity contribution in [3.05, 3.63) is 54.0 Å². The lowest BCUT2D eigenvalue weighted by Crippen LogP contribution is -2.11. The maximum Gasteiger partial charge on any atom is 0.189 e. The van der Waals surface area contributed by atoms with Crippen molar-refractivity contribution < 1.29 is 4.79 Å². The maximum atomic E-state index is 12.3. The first-order chi connectivity index (χ1) is 9.79. The van der Waals surface area contributed by atoms with Gasteiger partial charge in [0.05, 0.1) is 5.52 Å². The zero-order valence-corrected chi connectivity index (χ0v) is 11.1. The van der Waals surface area contributed by atoms with Crippen LogP contribution in [0.25, 0.3) is 5.52 Å². The van der Waals surface area contributed by atoms with E-state index in [4.69, 9.17) is 5.26 Å². The first-order valence-corrected chi connectivity index (χ1v) is 6.76. The van der Waals surface area contributed by atoms with Gasteiger partial charge in [0.2, 0.25) is 0 Å². The normalized spacial score (nSPS) is 15.1. The van der Waals surface area contributed by atoms with Crippen LogP contribution in [-0.2, 0) is 0 Å². The van der Waals surface area contributed by atoms with Gasteiger partial charge >= 0.3 is 0 Å². The van der Waals surface area contributed by atoms with Crippen LogP contribution in [0.2, 0.25) is 0 Å². The minimum Gasteiger partial charge on any atom is -0.377 e. The maximum absolute atomic E-state index is 12.3. The molecule has 20 heavy (non-hydrogen) atoms. The topological polar surface area (TPSA) is 48.5 Å². The standard InChI is InChI=1S/C16H15N3O/c17-12-13-11-14(15-5-1-2-9-19(13)15)16(20)6-10-18-7-3-4-8-18/h1-2,5-6,9-11H,3-4,7-8H2. The lowest BCUT2D eigenvalue weighted by molar-refractivity contribution is 0.104. The highest BCUT2D eigenvalue weighted by Crippen LogP contribution is 2.18. The fourth-order valence-electron chi connectivity index (χ4n) is 2.59. The molecule has 4 heteroatoms. The Hall–Kier alpha value is -2.54. The molecule has 0 bridgehead atoms. The summed E-state index contributed by atoms with van der Waals surface area (Å²) >= 11 is 0. The van der Waals surface area contributed by atoms with Crippen LogP contribution in [0, 0.1) is 11.3 Å². The van der Waals surface area contributed by atoms with Crippen molar-refractivity contribution >= 4 is 11.3 Å². The summed E-state index contributed by atoms with van der Waals surface area (Å²) in [5.74, 6) is -0.0536. The Balaban J connectivity index is 1.93. The van der Waals surface area contributed by atoms with E-state index in [1.807, 2.05) is 24.4 Å². The van der Waals surface area contributed by atoms with E-state index in [1.54, 1.807) is 22.7 Å². The van der Waals surface area contributed by atoms with Crippen molar-refractivity contribution in [1.82, 2.24) is 9.30 Å². The number of pyridine rings is 1. The Morgan fingerprint density at radius 1 is 1.30 bits per heavy atom. The Morgan fingerprint density at radius 2 is 2.10 bits per heavy atom. The highest BCUT2D eigenvalue weighted by molar-refractivity contribution is 6.09. The largest absolute Gasteiger partial charge is 0.377 e. The molecule has 4 nitrogen and oxygen atoms in total. The molecule has 1 aliphatic rings. The van der Waals surface area contributed by atoms with Crippen molar-refractivity contribution in [2.75, 3.05) is 13.1 Å². The van der Waals surface area contributed by atoms with E-state index >= 15 is 0 Å². The molecule has 0 amide bonds. The molecule has 0 aliphatic carbocycles. The number of hydrogen-bond acceptors (Lipinski definition) is 3. The molecule has 0 saturated carbocycles. The molecular weight excluding hydrogens is 250 g/mol. The number of allylic oxidation sites excluding steroid dienone is 1. The van der Waals surface area contributed by atoms with Crippen LogP contribution in [0.3, 0.4) is 0 Å². The second-order valence-corrected chi connectivity index (χ2v) is 4.93. The summed E-state index contributed by atoms with van der Waals surface area (Å²) in [5, 5.41) is 9.12. The SMILES string of the molecule is N#Cc1cc(C(=O)C=CN2CCCC2)c2ccccn12. The van der Waals surface area contributed by atoms with Crippen LogP contribution in [0.15, 0.2) is 42.7 Å². The fraction of sp³-hybridized carbons (Fsp3) is 0.250. The van der Waals surface area contributed by atoms with Crippen molar-refractivity contribution in [2.45, 2.75) is 12.8 Å². The molecule has 0 N–H and O–H groups in total. The van der Waals surface area contributed by atoms with Gasteiger partial charge in [0.1, 0.15) is 11.8 Å². The summed E-state index contributed by atoms with van der Waals surface area (Å²) in [6.07, 6.45) is 7.65. The van der Waals surface area contributed by atoms with Crippen molar-refractivity contribution in [1.29, 1.82) is 5.26 Å². The smallest absolute Gasteiger partial charge is 0.189 e. The molecule has 0 unspecified atom stereocenters. The first kappa shape index (κ1) is 12.5. The van der Waals surface area contributed by atoms with E-state index in [2.05, 4.69) is 11.0 Å². The number of carbonyl (C=O) groups is 1. The van der Waals surface area contributed by atoms with Crippen molar-refractivity contribution in [2.24, 2.45) is 0 Å². The second kappa shape index (κ2) is 5.22. The molecule has 2 aromatic heterocycles. The minimum atomic E-state index is -0.0536. The van der Waals surface area contributed by atoms with Gasteiger partial charge < -0.3 is 9.30 Å².